The third-order valence-corrected chi connectivity index (χ3v) is 1.63. The summed E-state index contributed by atoms with van der Waals surface area (Å²) >= 11 is 0. The van der Waals surface area contributed by atoms with Crippen molar-refractivity contribution in [2.75, 3.05) is 0 Å². The van der Waals surface area contributed by atoms with Gasteiger partial charge in [0.05, 0.1) is 0 Å². The summed E-state index contributed by atoms with van der Waals surface area (Å²) in [6.07, 6.45) is 2.17. The minimum absolute atomic E-state index is 0.210. The number of carbonyl (C=O) groups excluding carboxylic acids is 1. The molecule has 0 unspecified atom stereocenters. The van der Waals surface area contributed by atoms with E-state index >= 15 is 0 Å². The molecule has 0 aliphatic heterocycles. The van der Waals surface area contributed by atoms with E-state index in [1.54, 1.807) is 0 Å². The van der Waals surface area contributed by atoms with Gasteiger partial charge in [0.2, 0.25) is 0 Å². The molecule has 0 bridgehead atoms. The number of allylic oxidation sites excluding steroid dienone is 1. The third-order valence-electron chi connectivity index (χ3n) is 1.63. The Morgan fingerprint density at radius 3 is 2.36 bits per heavy atom. The minimum Gasteiger partial charge on any atom is -0.478 e. The molecule has 1 rings (SSSR count). The van der Waals surface area contributed by atoms with Crippen molar-refractivity contribution in [3.63, 3.8) is 0 Å². The average molecular weight is 190 g/mol. The summed E-state index contributed by atoms with van der Waals surface area (Å²) in [7, 11) is 0. The number of benzene rings is 1. The van der Waals surface area contributed by atoms with E-state index in [0.29, 0.717) is 0 Å². The molecule has 14 heavy (non-hydrogen) atoms. The SMILES string of the molecule is O=C(O)/C=C\C(=O)Cc1ccccc1. The highest BCUT2D eigenvalue weighted by molar-refractivity contribution is 5.96. The van der Waals surface area contributed by atoms with Crippen molar-refractivity contribution in [3.8, 4) is 0 Å². The number of hydrogen-bond donors (Lipinski definition) is 1. The first kappa shape index (κ1) is 10.2. The second-order valence-electron chi connectivity index (χ2n) is 2.80. The molecule has 0 atom stereocenters. The Morgan fingerprint density at radius 2 is 1.79 bits per heavy atom. The van der Waals surface area contributed by atoms with Crippen molar-refractivity contribution in [1.82, 2.24) is 0 Å². The number of carbonyl (C=O) groups is 2. The highest BCUT2D eigenvalue weighted by Crippen LogP contribution is 2.00. The van der Waals surface area contributed by atoms with E-state index in [1.165, 1.54) is 0 Å². The van der Waals surface area contributed by atoms with Gasteiger partial charge in [0.1, 0.15) is 0 Å². The van der Waals surface area contributed by atoms with Gasteiger partial charge in [-0.1, -0.05) is 30.3 Å². The molecule has 3 nitrogen and oxygen atoms in total. The molecule has 0 aliphatic carbocycles. The first-order valence-electron chi connectivity index (χ1n) is 4.16. The molecule has 1 N–H and O–H groups in total. The Morgan fingerprint density at radius 1 is 1.14 bits per heavy atom. The molecule has 0 spiro atoms. The molecule has 0 radical (unpaired) electrons. The van der Waals surface area contributed by atoms with Gasteiger partial charge >= 0.3 is 5.97 Å². The van der Waals surface area contributed by atoms with Crippen molar-refractivity contribution in [2.24, 2.45) is 0 Å². The Hall–Kier alpha value is -1.90. The Labute approximate surface area is 81.7 Å². The molecular weight excluding hydrogens is 180 g/mol. The maximum atomic E-state index is 11.2. The Balaban J connectivity index is 2.54. The van der Waals surface area contributed by atoms with Gasteiger partial charge in [-0.15, -0.1) is 0 Å². The number of hydrogen-bond acceptors (Lipinski definition) is 2. The van der Waals surface area contributed by atoms with Crippen LogP contribution in [0.5, 0.6) is 0 Å². The lowest BCUT2D eigenvalue weighted by atomic mass is 10.1. The number of aliphatic carboxylic acids is 1. The van der Waals surface area contributed by atoms with Crippen LogP contribution < -0.4 is 0 Å². The van der Waals surface area contributed by atoms with Crippen molar-refractivity contribution >= 4 is 11.8 Å². The fourth-order valence-corrected chi connectivity index (χ4v) is 1.02. The van der Waals surface area contributed by atoms with Gasteiger partial charge in [-0.2, -0.15) is 0 Å². The largest absolute Gasteiger partial charge is 0.478 e. The normalized spacial score (nSPS) is 10.3. The van der Waals surface area contributed by atoms with Gasteiger partial charge in [0.25, 0.3) is 0 Å². The predicted octanol–water partition coefficient (Wildman–Crippen LogP) is 1.44. The standard InChI is InChI=1S/C11H10O3/c12-10(6-7-11(13)14)8-9-4-2-1-3-5-9/h1-7H,8H2,(H,13,14)/b7-6-. The summed E-state index contributed by atoms with van der Waals surface area (Å²) in [5, 5.41) is 8.29. The summed E-state index contributed by atoms with van der Waals surface area (Å²) in [6, 6.07) is 9.19. The first-order chi connectivity index (χ1) is 6.68. The van der Waals surface area contributed by atoms with E-state index in [1.807, 2.05) is 30.3 Å². The second kappa shape index (κ2) is 4.97. The minimum atomic E-state index is -1.11. The van der Waals surface area contributed by atoms with Gasteiger partial charge in [-0.3, -0.25) is 4.79 Å². The van der Waals surface area contributed by atoms with Gasteiger partial charge in [0.15, 0.2) is 5.78 Å². The maximum absolute atomic E-state index is 11.2. The molecule has 1 aromatic rings. The lowest BCUT2D eigenvalue weighted by Gasteiger charge is -1.95. The highest BCUT2D eigenvalue weighted by atomic mass is 16.4. The summed E-state index contributed by atoms with van der Waals surface area (Å²) in [6.45, 7) is 0. The van der Waals surface area contributed by atoms with Crippen LogP contribution in [0.3, 0.4) is 0 Å². The molecule has 3 heteroatoms. The van der Waals surface area contributed by atoms with Crippen LogP contribution in [0.4, 0.5) is 0 Å². The van der Waals surface area contributed by atoms with Crippen LogP contribution >= 0.6 is 0 Å². The second-order valence-corrected chi connectivity index (χ2v) is 2.80. The van der Waals surface area contributed by atoms with Crippen molar-refractivity contribution in [2.45, 2.75) is 6.42 Å². The lowest BCUT2D eigenvalue weighted by Crippen LogP contribution is -1.99. The fraction of sp³-hybridized carbons (Fsp3) is 0.0909. The van der Waals surface area contributed by atoms with E-state index in [-0.39, 0.29) is 12.2 Å². The summed E-state index contributed by atoms with van der Waals surface area (Å²) in [5.74, 6) is -1.31. The Bertz CT molecular complexity index is 352. The zero-order valence-electron chi connectivity index (χ0n) is 7.51. The smallest absolute Gasteiger partial charge is 0.328 e. The number of rotatable bonds is 4. The molecule has 0 amide bonds. The highest BCUT2D eigenvalue weighted by Gasteiger charge is 1.99. The topological polar surface area (TPSA) is 54.4 Å². The molecule has 0 fully saturated rings. The summed E-state index contributed by atoms with van der Waals surface area (Å²) < 4.78 is 0. The molecule has 0 heterocycles. The molecule has 0 saturated carbocycles. The van der Waals surface area contributed by atoms with Crippen molar-refractivity contribution < 1.29 is 14.7 Å². The van der Waals surface area contributed by atoms with Crippen LogP contribution in [0, 0.1) is 0 Å². The molecule has 72 valence electrons. The van der Waals surface area contributed by atoms with Crippen molar-refractivity contribution in [1.29, 1.82) is 0 Å². The van der Waals surface area contributed by atoms with Crippen LogP contribution in [0.15, 0.2) is 42.5 Å². The fourth-order valence-electron chi connectivity index (χ4n) is 1.02. The van der Waals surface area contributed by atoms with E-state index in [4.69, 9.17) is 5.11 Å². The first-order valence-corrected chi connectivity index (χ1v) is 4.16. The lowest BCUT2D eigenvalue weighted by molar-refractivity contribution is -0.131. The predicted molar refractivity (Wildman–Crippen MR) is 51.9 cm³/mol. The Kier molecular flexibility index (Phi) is 3.61. The zero-order valence-corrected chi connectivity index (χ0v) is 7.51. The van der Waals surface area contributed by atoms with Gasteiger partial charge in [0, 0.05) is 12.5 Å². The van der Waals surface area contributed by atoms with Crippen LogP contribution in [-0.4, -0.2) is 16.9 Å². The summed E-state index contributed by atoms with van der Waals surface area (Å²) in [5.41, 5.74) is 0.882. The molecule has 0 saturated heterocycles. The van der Waals surface area contributed by atoms with Gasteiger partial charge < -0.3 is 5.11 Å². The van der Waals surface area contributed by atoms with Crippen LogP contribution in [0.1, 0.15) is 5.56 Å². The zero-order chi connectivity index (χ0) is 10.4. The monoisotopic (exact) mass is 190 g/mol. The molecular formula is C11H10O3. The number of carboxylic acids is 1. The van der Waals surface area contributed by atoms with Crippen molar-refractivity contribution in [3.05, 3.63) is 48.0 Å². The average Bonchev–Trinajstić information content (AvgIpc) is 2.16. The molecule has 0 aliphatic rings. The van der Waals surface area contributed by atoms with Gasteiger partial charge in [-0.25, -0.2) is 4.79 Å². The van der Waals surface area contributed by atoms with E-state index in [0.717, 1.165) is 17.7 Å². The number of ketones is 1. The number of carboxylic acid groups (broad SMARTS) is 1. The van der Waals surface area contributed by atoms with Crippen LogP contribution in [-0.2, 0) is 16.0 Å². The quantitative estimate of drug-likeness (QED) is 0.731. The molecule has 1 aromatic carbocycles. The maximum Gasteiger partial charge on any atom is 0.328 e. The van der Waals surface area contributed by atoms with E-state index in [9.17, 15) is 9.59 Å². The molecule has 0 aromatic heterocycles. The van der Waals surface area contributed by atoms with Crippen LogP contribution in [0.2, 0.25) is 0 Å². The van der Waals surface area contributed by atoms with Crippen LogP contribution in [0.25, 0.3) is 0 Å². The third kappa shape index (κ3) is 3.67. The van der Waals surface area contributed by atoms with E-state index < -0.39 is 5.97 Å². The summed E-state index contributed by atoms with van der Waals surface area (Å²) in [4.78, 5) is 21.3. The van der Waals surface area contributed by atoms with Gasteiger partial charge in [-0.05, 0) is 11.6 Å². The van der Waals surface area contributed by atoms with E-state index in [2.05, 4.69) is 0 Å².